The second-order valence-corrected chi connectivity index (χ2v) is 7.59. The third-order valence-corrected chi connectivity index (χ3v) is 5.27. The van der Waals surface area contributed by atoms with Gasteiger partial charge in [-0.05, 0) is 31.0 Å². The van der Waals surface area contributed by atoms with Gasteiger partial charge in [0.1, 0.15) is 11.4 Å². The van der Waals surface area contributed by atoms with Crippen LogP contribution >= 0.6 is 15.9 Å². The third kappa shape index (κ3) is 4.12. The zero-order valence-corrected chi connectivity index (χ0v) is 16.4. The van der Waals surface area contributed by atoms with Crippen molar-refractivity contribution in [2.75, 3.05) is 5.32 Å². The van der Waals surface area contributed by atoms with Crippen molar-refractivity contribution in [1.82, 2.24) is 15.1 Å². The summed E-state index contributed by atoms with van der Waals surface area (Å²) in [6.07, 6.45) is -2.76. The summed E-state index contributed by atoms with van der Waals surface area (Å²) in [7, 11) is 0. The first kappa shape index (κ1) is 19.7. The number of nitrogens with zero attached hydrogens (tertiary/aromatic N) is 2. The van der Waals surface area contributed by atoms with Crippen LogP contribution in [0.3, 0.4) is 0 Å². The van der Waals surface area contributed by atoms with Gasteiger partial charge in [0.05, 0.1) is 12.2 Å². The van der Waals surface area contributed by atoms with Gasteiger partial charge in [-0.3, -0.25) is 4.79 Å². The molecule has 146 valence electrons. The first-order valence-electron chi connectivity index (χ1n) is 8.67. The van der Waals surface area contributed by atoms with Gasteiger partial charge >= 0.3 is 6.18 Å². The molecule has 0 unspecified atom stereocenters. The number of halogens is 4. The van der Waals surface area contributed by atoms with E-state index in [1.165, 1.54) is 6.20 Å². The molecular formula is C18H20BrF3N4O. The van der Waals surface area contributed by atoms with E-state index in [4.69, 9.17) is 0 Å². The van der Waals surface area contributed by atoms with Crippen molar-refractivity contribution in [2.45, 2.75) is 51.0 Å². The summed E-state index contributed by atoms with van der Waals surface area (Å²) in [6, 6.07) is 4.62. The number of hydrogen-bond donors (Lipinski definition) is 2. The summed E-state index contributed by atoms with van der Waals surface area (Å²) in [5, 5.41) is 9.72. The van der Waals surface area contributed by atoms with Crippen LogP contribution in [0.1, 0.15) is 54.7 Å². The average Bonchev–Trinajstić information content (AvgIpc) is 3.04. The van der Waals surface area contributed by atoms with E-state index >= 15 is 0 Å². The van der Waals surface area contributed by atoms with Crippen molar-refractivity contribution in [3.8, 4) is 0 Å². The number of hydrogen-bond acceptors (Lipinski definition) is 3. The highest BCUT2D eigenvalue weighted by atomic mass is 79.9. The number of nitrogens with one attached hydrogen (secondary N) is 2. The third-order valence-electron chi connectivity index (χ3n) is 4.75. The Bertz CT molecular complexity index is 819. The van der Waals surface area contributed by atoms with Crippen LogP contribution in [0.4, 0.5) is 19.0 Å². The lowest BCUT2D eigenvalue weighted by Crippen LogP contribution is -2.37. The standard InChI is InChI=1S/C18H20BrF3N4O/c1-3-10(2)24-17(27)13-9-23-26-15(18(20,21)22)8-14(25-16(13)26)11-4-6-12(19)7-5-11/h4-7,9-10,14-15,25H,3,8H2,1-2H3,(H,24,27)/t10-,14+,15+/m0/s1. The summed E-state index contributed by atoms with van der Waals surface area (Å²) in [4.78, 5) is 12.5. The number of amides is 1. The molecule has 27 heavy (non-hydrogen) atoms. The Hall–Kier alpha value is -2.03. The Kier molecular flexibility index (Phi) is 5.50. The van der Waals surface area contributed by atoms with Gasteiger partial charge in [-0.15, -0.1) is 0 Å². The van der Waals surface area contributed by atoms with Crippen LogP contribution in [0.5, 0.6) is 0 Å². The van der Waals surface area contributed by atoms with Crippen LogP contribution < -0.4 is 10.6 Å². The first-order valence-corrected chi connectivity index (χ1v) is 9.47. The number of aromatic nitrogens is 2. The molecule has 0 bridgehead atoms. The van der Waals surface area contributed by atoms with E-state index < -0.39 is 24.2 Å². The highest BCUT2D eigenvalue weighted by molar-refractivity contribution is 9.10. The first-order chi connectivity index (χ1) is 12.7. The predicted molar refractivity (Wildman–Crippen MR) is 99.7 cm³/mol. The fraction of sp³-hybridized carbons (Fsp3) is 0.444. The van der Waals surface area contributed by atoms with Gasteiger partial charge in [-0.1, -0.05) is 35.0 Å². The minimum atomic E-state index is -4.47. The summed E-state index contributed by atoms with van der Waals surface area (Å²) in [5.41, 5.74) is 0.833. The van der Waals surface area contributed by atoms with Crippen LogP contribution in [0.2, 0.25) is 0 Å². The van der Waals surface area contributed by atoms with Gasteiger partial charge in [0.2, 0.25) is 0 Å². The van der Waals surface area contributed by atoms with Crippen molar-refractivity contribution < 1.29 is 18.0 Å². The minimum absolute atomic E-state index is 0.0858. The van der Waals surface area contributed by atoms with Gasteiger partial charge in [0.15, 0.2) is 6.04 Å². The van der Waals surface area contributed by atoms with E-state index in [2.05, 4.69) is 31.7 Å². The molecule has 0 aliphatic carbocycles. The molecule has 1 aliphatic heterocycles. The number of carbonyl (C=O) groups is 1. The molecule has 0 fully saturated rings. The van der Waals surface area contributed by atoms with Gasteiger partial charge in [0.25, 0.3) is 5.91 Å². The molecule has 0 saturated carbocycles. The summed E-state index contributed by atoms with van der Waals surface area (Å²) >= 11 is 3.33. The molecular weight excluding hydrogens is 425 g/mol. The SMILES string of the molecule is CC[C@H](C)NC(=O)c1cnn2c1N[C@@H](c1ccc(Br)cc1)C[C@@H]2C(F)(F)F. The van der Waals surface area contributed by atoms with Gasteiger partial charge < -0.3 is 10.6 Å². The molecule has 0 radical (unpaired) electrons. The normalized spacial score (nSPS) is 20.5. The predicted octanol–water partition coefficient (Wildman–Crippen LogP) is 4.83. The zero-order chi connectivity index (χ0) is 19.8. The molecule has 2 aromatic rings. The quantitative estimate of drug-likeness (QED) is 0.709. The second kappa shape index (κ2) is 7.53. The molecule has 0 spiro atoms. The molecule has 3 atom stereocenters. The Labute approximate surface area is 163 Å². The fourth-order valence-electron chi connectivity index (χ4n) is 3.05. The van der Waals surface area contributed by atoms with Crippen molar-refractivity contribution >= 4 is 27.7 Å². The van der Waals surface area contributed by atoms with Gasteiger partial charge in [-0.2, -0.15) is 18.3 Å². The smallest absolute Gasteiger partial charge is 0.363 e. The van der Waals surface area contributed by atoms with E-state index in [0.717, 1.165) is 15.6 Å². The molecule has 2 N–H and O–H groups in total. The monoisotopic (exact) mass is 444 g/mol. The van der Waals surface area contributed by atoms with Crippen LogP contribution in [0.15, 0.2) is 34.9 Å². The molecule has 3 rings (SSSR count). The highest BCUT2D eigenvalue weighted by Crippen LogP contribution is 2.44. The number of carbonyl (C=O) groups excluding carboxylic acids is 1. The lowest BCUT2D eigenvalue weighted by molar-refractivity contribution is -0.173. The summed E-state index contributed by atoms with van der Waals surface area (Å²) in [5.74, 6) is -0.340. The minimum Gasteiger partial charge on any atom is -0.363 e. The highest BCUT2D eigenvalue weighted by Gasteiger charge is 2.47. The number of fused-ring (bicyclic) bond motifs is 1. The van der Waals surface area contributed by atoms with Crippen LogP contribution in [-0.2, 0) is 0 Å². The molecule has 0 saturated heterocycles. The summed E-state index contributed by atoms with van der Waals surface area (Å²) in [6.45, 7) is 3.75. The van der Waals surface area contributed by atoms with E-state index in [9.17, 15) is 18.0 Å². The van der Waals surface area contributed by atoms with Crippen molar-refractivity contribution in [1.29, 1.82) is 0 Å². The molecule has 2 heterocycles. The van der Waals surface area contributed by atoms with Crippen molar-refractivity contribution in [3.63, 3.8) is 0 Å². The molecule has 1 amide bonds. The zero-order valence-electron chi connectivity index (χ0n) is 14.8. The Morgan fingerprint density at radius 2 is 2.07 bits per heavy atom. The van der Waals surface area contributed by atoms with Gasteiger partial charge in [-0.25, -0.2) is 4.68 Å². The summed E-state index contributed by atoms with van der Waals surface area (Å²) < 4.78 is 42.7. The lowest BCUT2D eigenvalue weighted by Gasteiger charge is -2.34. The molecule has 1 aliphatic rings. The Morgan fingerprint density at radius 1 is 1.41 bits per heavy atom. The number of alkyl halides is 3. The lowest BCUT2D eigenvalue weighted by atomic mass is 9.96. The molecule has 1 aromatic heterocycles. The van der Waals surface area contributed by atoms with E-state index in [1.54, 1.807) is 24.3 Å². The topological polar surface area (TPSA) is 59.0 Å². The molecule has 1 aromatic carbocycles. The molecule has 5 nitrogen and oxygen atoms in total. The van der Waals surface area contributed by atoms with E-state index in [0.29, 0.717) is 5.56 Å². The van der Waals surface area contributed by atoms with Gasteiger partial charge in [0, 0.05) is 16.9 Å². The second-order valence-electron chi connectivity index (χ2n) is 6.68. The molecule has 9 heteroatoms. The van der Waals surface area contributed by atoms with Crippen molar-refractivity contribution in [2.24, 2.45) is 0 Å². The van der Waals surface area contributed by atoms with E-state index in [1.807, 2.05) is 13.8 Å². The number of anilines is 1. The van der Waals surface area contributed by atoms with Crippen LogP contribution in [0.25, 0.3) is 0 Å². The number of benzene rings is 1. The maximum Gasteiger partial charge on any atom is 0.410 e. The largest absolute Gasteiger partial charge is 0.410 e. The fourth-order valence-corrected chi connectivity index (χ4v) is 3.31. The van der Waals surface area contributed by atoms with Crippen molar-refractivity contribution in [3.05, 3.63) is 46.1 Å². The Balaban J connectivity index is 1.98. The van der Waals surface area contributed by atoms with Crippen LogP contribution in [0, 0.1) is 0 Å². The number of rotatable bonds is 4. The van der Waals surface area contributed by atoms with Crippen LogP contribution in [-0.4, -0.2) is 27.9 Å². The maximum absolute atomic E-state index is 13.7. The Morgan fingerprint density at radius 3 is 2.67 bits per heavy atom. The maximum atomic E-state index is 13.7. The average molecular weight is 445 g/mol. The van der Waals surface area contributed by atoms with E-state index in [-0.39, 0.29) is 23.8 Å².